The summed E-state index contributed by atoms with van der Waals surface area (Å²) in [6.07, 6.45) is 4.18. The van der Waals surface area contributed by atoms with E-state index in [1.165, 1.54) is 32.8 Å². The molecule has 2 N–H and O–H groups in total. The standard InChI is InChI=1S/C19H18N2O2S/c1-22-13-6-9-7-15-16(11(9)8-14(13)23-2)17-18(20)10-4-3-5-12(10)21-19(17)24-15/h6,8H,3-5,7H2,1-2H3,(H2,20,21). The van der Waals surface area contributed by atoms with E-state index in [0.29, 0.717) is 0 Å². The summed E-state index contributed by atoms with van der Waals surface area (Å²) < 4.78 is 11.0. The molecule has 0 saturated heterocycles. The lowest BCUT2D eigenvalue weighted by Crippen LogP contribution is -1.97. The maximum atomic E-state index is 6.58. The van der Waals surface area contributed by atoms with Crippen molar-refractivity contribution in [1.29, 1.82) is 0 Å². The highest BCUT2D eigenvalue weighted by Crippen LogP contribution is 2.51. The number of hydrogen-bond donors (Lipinski definition) is 1. The van der Waals surface area contributed by atoms with Crippen LogP contribution in [0.3, 0.4) is 0 Å². The molecule has 0 aliphatic heterocycles. The first-order valence-corrected chi connectivity index (χ1v) is 9.00. The summed E-state index contributed by atoms with van der Waals surface area (Å²) >= 11 is 1.78. The fourth-order valence-electron chi connectivity index (χ4n) is 4.09. The fourth-order valence-corrected chi connectivity index (χ4v) is 5.34. The number of fused-ring (bicyclic) bond motifs is 6. The average Bonchev–Trinajstić information content (AvgIpc) is 3.26. The van der Waals surface area contributed by atoms with Gasteiger partial charge in [0.15, 0.2) is 11.5 Å². The van der Waals surface area contributed by atoms with Gasteiger partial charge in [-0.2, -0.15) is 0 Å². The van der Waals surface area contributed by atoms with Gasteiger partial charge in [-0.25, -0.2) is 4.98 Å². The summed E-state index contributed by atoms with van der Waals surface area (Å²) in [5, 5.41) is 1.14. The molecule has 0 bridgehead atoms. The van der Waals surface area contributed by atoms with E-state index in [1.54, 1.807) is 25.6 Å². The third-order valence-electron chi connectivity index (χ3n) is 5.21. The third kappa shape index (κ3) is 1.70. The van der Waals surface area contributed by atoms with Crippen LogP contribution in [0.1, 0.15) is 28.1 Å². The topological polar surface area (TPSA) is 57.4 Å². The van der Waals surface area contributed by atoms with Crippen LogP contribution in [0.2, 0.25) is 0 Å². The summed E-state index contributed by atoms with van der Waals surface area (Å²) in [6, 6.07) is 4.17. The zero-order chi connectivity index (χ0) is 16.4. The molecule has 122 valence electrons. The summed E-state index contributed by atoms with van der Waals surface area (Å²) in [5.41, 5.74) is 13.7. The smallest absolute Gasteiger partial charge is 0.161 e. The second kappa shape index (κ2) is 4.86. The molecule has 4 nitrogen and oxygen atoms in total. The lowest BCUT2D eigenvalue weighted by Gasteiger charge is -2.12. The normalized spacial score (nSPS) is 14.6. The monoisotopic (exact) mass is 338 g/mol. The number of nitrogen functional groups attached to an aromatic ring is 1. The van der Waals surface area contributed by atoms with Crippen LogP contribution in [0.4, 0.5) is 5.69 Å². The number of thiophene rings is 1. The molecule has 0 spiro atoms. The number of anilines is 1. The molecule has 0 saturated carbocycles. The van der Waals surface area contributed by atoms with Crippen LogP contribution in [0.25, 0.3) is 21.3 Å². The minimum Gasteiger partial charge on any atom is -0.493 e. The van der Waals surface area contributed by atoms with Gasteiger partial charge < -0.3 is 15.2 Å². The van der Waals surface area contributed by atoms with Crippen LogP contribution in [0, 0.1) is 0 Å². The molecular weight excluding hydrogens is 320 g/mol. The maximum absolute atomic E-state index is 6.58. The maximum Gasteiger partial charge on any atom is 0.161 e. The number of nitrogens with zero attached hydrogens (tertiary/aromatic N) is 1. The van der Waals surface area contributed by atoms with Gasteiger partial charge in [-0.15, -0.1) is 11.3 Å². The zero-order valence-corrected chi connectivity index (χ0v) is 14.5. The van der Waals surface area contributed by atoms with Crippen LogP contribution in [-0.2, 0) is 19.3 Å². The Morgan fingerprint density at radius 1 is 1.12 bits per heavy atom. The van der Waals surface area contributed by atoms with Crippen molar-refractivity contribution < 1.29 is 9.47 Å². The van der Waals surface area contributed by atoms with E-state index >= 15 is 0 Å². The predicted octanol–water partition coefficient (Wildman–Crippen LogP) is 3.96. The molecule has 0 unspecified atom stereocenters. The first-order valence-electron chi connectivity index (χ1n) is 8.19. The van der Waals surface area contributed by atoms with Crippen LogP contribution in [-0.4, -0.2) is 19.2 Å². The number of rotatable bonds is 2. The van der Waals surface area contributed by atoms with Crippen molar-refractivity contribution in [3.8, 4) is 22.6 Å². The summed E-state index contributed by atoms with van der Waals surface area (Å²) in [7, 11) is 3.35. The van der Waals surface area contributed by atoms with Crippen molar-refractivity contribution in [1.82, 2.24) is 4.98 Å². The zero-order valence-electron chi connectivity index (χ0n) is 13.7. The van der Waals surface area contributed by atoms with Gasteiger partial charge in [-0.1, -0.05) is 0 Å². The third-order valence-corrected chi connectivity index (χ3v) is 6.30. The molecule has 0 radical (unpaired) electrons. The Balaban J connectivity index is 1.81. The Morgan fingerprint density at radius 2 is 1.92 bits per heavy atom. The molecule has 0 amide bonds. The molecule has 2 heterocycles. The Morgan fingerprint density at radius 3 is 2.71 bits per heavy atom. The lowest BCUT2D eigenvalue weighted by molar-refractivity contribution is 0.355. The number of nitrogens with two attached hydrogens (primary N) is 1. The van der Waals surface area contributed by atoms with Gasteiger partial charge in [0.25, 0.3) is 0 Å². The molecule has 5 heteroatoms. The molecule has 5 rings (SSSR count). The molecular formula is C19H18N2O2S. The van der Waals surface area contributed by atoms with Gasteiger partial charge >= 0.3 is 0 Å². The van der Waals surface area contributed by atoms with Crippen molar-refractivity contribution in [3.63, 3.8) is 0 Å². The lowest BCUT2D eigenvalue weighted by atomic mass is 10.0. The van der Waals surface area contributed by atoms with Crippen molar-refractivity contribution in [2.45, 2.75) is 25.7 Å². The summed E-state index contributed by atoms with van der Waals surface area (Å²) in [5.74, 6) is 1.54. The molecule has 2 aromatic heterocycles. The molecule has 2 aliphatic rings. The minimum atomic E-state index is 0.760. The number of pyridine rings is 1. The predicted molar refractivity (Wildman–Crippen MR) is 97.4 cm³/mol. The number of hydrogen-bond acceptors (Lipinski definition) is 5. The van der Waals surface area contributed by atoms with E-state index < -0.39 is 0 Å². The fraction of sp³-hybridized carbons (Fsp3) is 0.316. The average molecular weight is 338 g/mol. The van der Waals surface area contributed by atoms with Gasteiger partial charge in [0.05, 0.1) is 14.2 Å². The van der Waals surface area contributed by atoms with Crippen LogP contribution in [0.5, 0.6) is 11.5 Å². The molecule has 1 aromatic carbocycles. The molecule has 0 fully saturated rings. The van der Waals surface area contributed by atoms with Crippen molar-refractivity contribution in [2.24, 2.45) is 0 Å². The molecule has 24 heavy (non-hydrogen) atoms. The number of aromatic nitrogens is 1. The Bertz CT molecular complexity index is 1010. The Hall–Kier alpha value is -2.27. The highest BCUT2D eigenvalue weighted by Gasteiger charge is 2.29. The van der Waals surface area contributed by atoms with E-state index in [1.807, 2.05) is 0 Å². The second-order valence-electron chi connectivity index (χ2n) is 6.43. The summed E-state index contributed by atoms with van der Waals surface area (Å²) in [6.45, 7) is 0. The summed E-state index contributed by atoms with van der Waals surface area (Å²) in [4.78, 5) is 7.34. The van der Waals surface area contributed by atoms with Crippen molar-refractivity contribution >= 4 is 27.2 Å². The van der Waals surface area contributed by atoms with Gasteiger partial charge in [0, 0.05) is 33.6 Å². The van der Waals surface area contributed by atoms with E-state index in [9.17, 15) is 0 Å². The van der Waals surface area contributed by atoms with Gasteiger partial charge in [-0.3, -0.25) is 0 Å². The molecule has 2 aliphatic carbocycles. The van der Waals surface area contributed by atoms with Crippen molar-refractivity contribution in [3.05, 3.63) is 33.8 Å². The number of methoxy groups -OCH3 is 2. The molecule has 0 atom stereocenters. The van der Waals surface area contributed by atoms with Gasteiger partial charge in [-0.05, 0) is 48.1 Å². The number of ether oxygens (including phenoxy) is 2. The quantitative estimate of drug-likeness (QED) is 0.601. The first-order chi connectivity index (χ1) is 11.7. The second-order valence-corrected chi connectivity index (χ2v) is 7.51. The van der Waals surface area contributed by atoms with Crippen LogP contribution < -0.4 is 15.2 Å². The largest absolute Gasteiger partial charge is 0.493 e. The highest BCUT2D eigenvalue weighted by molar-refractivity contribution is 7.19. The van der Waals surface area contributed by atoms with E-state index in [2.05, 4.69) is 12.1 Å². The van der Waals surface area contributed by atoms with E-state index in [-0.39, 0.29) is 0 Å². The van der Waals surface area contributed by atoms with Gasteiger partial charge in [0.1, 0.15) is 4.83 Å². The molecule has 3 aromatic rings. The van der Waals surface area contributed by atoms with E-state index in [0.717, 1.165) is 53.1 Å². The van der Waals surface area contributed by atoms with Gasteiger partial charge in [0.2, 0.25) is 0 Å². The minimum absolute atomic E-state index is 0.760. The first kappa shape index (κ1) is 14.1. The number of aryl methyl sites for hydroxylation is 1. The highest BCUT2D eigenvalue weighted by atomic mass is 32.1. The Labute approximate surface area is 144 Å². The Kier molecular flexibility index (Phi) is 2.86. The van der Waals surface area contributed by atoms with Crippen LogP contribution >= 0.6 is 11.3 Å². The van der Waals surface area contributed by atoms with Crippen LogP contribution in [0.15, 0.2) is 12.1 Å². The number of benzene rings is 1. The van der Waals surface area contributed by atoms with Crippen molar-refractivity contribution in [2.75, 3.05) is 20.0 Å². The van der Waals surface area contributed by atoms with E-state index in [4.69, 9.17) is 20.2 Å². The SMILES string of the molecule is COc1cc2c(cc1OC)-c1c(sc3nc4c(c(N)c13)CCC4)C2.